The number of amides is 4. The van der Waals surface area contributed by atoms with Crippen LogP contribution in [0.15, 0.2) is 66.7 Å². The van der Waals surface area contributed by atoms with Crippen molar-refractivity contribution in [3.63, 3.8) is 0 Å². The average molecular weight is 441 g/mol. The molecule has 1 aliphatic rings. The second kappa shape index (κ2) is 7.67. The van der Waals surface area contributed by atoms with Crippen molar-refractivity contribution in [2.45, 2.75) is 18.6 Å². The van der Waals surface area contributed by atoms with Gasteiger partial charge in [0.05, 0.1) is 5.56 Å². The van der Waals surface area contributed by atoms with Gasteiger partial charge in [0.15, 0.2) is 0 Å². The first-order valence-corrected chi connectivity index (χ1v) is 9.68. The SMILES string of the molecule is CC1(c2ccc3ccccc3c2)NC(=O)N(CC(=O)Nc2ccc(C(F)(F)F)cc2)C1=O. The van der Waals surface area contributed by atoms with Gasteiger partial charge in [-0.05, 0) is 53.6 Å². The fraction of sp³-hybridized carbons (Fsp3) is 0.174. The Bertz CT molecular complexity index is 1220. The van der Waals surface area contributed by atoms with E-state index in [1.54, 1.807) is 19.1 Å². The lowest BCUT2D eigenvalue weighted by Gasteiger charge is -2.22. The molecule has 0 aliphatic carbocycles. The molecule has 164 valence electrons. The summed E-state index contributed by atoms with van der Waals surface area (Å²) in [4.78, 5) is 38.7. The number of anilines is 1. The van der Waals surface area contributed by atoms with Gasteiger partial charge in [0, 0.05) is 5.69 Å². The molecule has 0 spiro atoms. The van der Waals surface area contributed by atoms with E-state index in [-0.39, 0.29) is 5.69 Å². The third-order valence-corrected chi connectivity index (χ3v) is 5.40. The molecular formula is C23H18F3N3O3. The van der Waals surface area contributed by atoms with Crippen molar-refractivity contribution in [1.82, 2.24) is 10.2 Å². The molecule has 3 aromatic rings. The number of nitrogens with one attached hydrogen (secondary N) is 2. The molecule has 1 fully saturated rings. The number of fused-ring (bicyclic) bond motifs is 1. The first-order valence-electron chi connectivity index (χ1n) is 9.68. The highest BCUT2D eigenvalue weighted by Gasteiger charge is 2.49. The maximum absolute atomic E-state index is 13.1. The molecule has 0 radical (unpaired) electrons. The van der Waals surface area contributed by atoms with Crippen molar-refractivity contribution in [3.8, 4) is 0 Å². The molecule has 0 saturated carbocycles. The van der Waals surface area contributed by atoms with Crippen LogP contribution in [0.1, 0.15) is 18.1 Å². The van der Waals surface area contributed by atoms with Gasteiger partial charge in [-0.2, -0.15) is 13.2 Å². The second-order valence-corrected chi connectivity index (χ2v) is 7.63. The molecule has 6 nitrogen and oxygen atoms in total. The Morgan fingerprint density at radius 3 is 2.31 bits per heavy atom. The number of carbonyl (C=O) groups is 3. The molecular weight excluding hydrogens is 423 g/mol. The van der Waals surface area contributed by atoms with Gasteiger partial charge in [-0.1, -0.05) is 36.4 Å². The zero-order valence-electron chi connectivity index (χ0n) is 16.9. The number of nitrogens with zero attached hydrogens (tertiary/aromatic N) is 1. The molecule has 4 amide bonds. The summed E-state index contributed by atoms with van der Waals surface area (Å²) in [5, 5.41) is 6.91. The summed E-state index contributed by atoms with van der Waals surface area (Å²) in [7, 11) is 0. The molecule has 1 heterocycles. The molecule has 32 heavy (non-hydrogen) atoms. The predicted molar refractivity (Wildman–Crippen MR) is 112 cm³/mol. The van der Waals surface area contributed by atoms with Crippen molar-refractivity contribution in [2.75, 3.05) is 11.9 Å². The summed E-state index contributed by atoms with van der Waals surface area (Å²) >= 11 is 0. The molecule has 2 N–H and O–H groups in total. The van der Waals surface area contributed by atoms with Gasteiger partial charge in [-0.15, -0.1) is 0 Å². The first kappa shape index (κ1) is 21.4. The Morgan fingerprint density at radius 2 is 1.66 bits per heavy atom. The molecule has 1 aliphatic heterocycles. The third-order valence-electron chi connectivity index (χ3n) is 5.40. The smallest absolute Gasteiger partial charge is 0.325 e. The first-order chi connectivity index (χ1) is 15.1. The highest BCUT2D eigenvalue weighted by molar-refractivity contribution is 6.10. The molecule has 0 aromatic heterocycles. The van der Waals surface area contributed by atoms with E-state index in [9.17, 15) is 27.6 Å². The number of hydrogen-bond acceptors (Lipinski definition) is 3. The van der Waals surface area contributed by atoms with E-state index in [1.807, 2.05) is 30.3 Å². The molecule has 0 bridgehead atoms. The zero-order chi connectivity index (χ0) is 23.1. The van der Waals surface area contributed by atoms with Gasteiger partial charge in [0.2, 0.25) is 5.91 Å². The standard InChI is InChI=1S/C23H18F3N3O3/c1-22(17-7-6-14-4-2-3-5-15(14)12-17)20(31)29(21(32)28-22)13-19(30)27-18-10-8-16(9-11-18)23(24,25)26/h2-12H,13H2,1H3,(H,27,30)(H,28,32). The highest BCUT2D eigenvalue weighted by atomic mass is 19.4. The maximum atomic E-state index is 13.1. The quantitative estimate of drug-likeness (QED) is 0.594. The number of carbonyl (C=O) groups excluding carboxylic acids is 3. The lowest BCUT2D eigenvalue weighted by Crippen LogP contribution is -2.42. The van der Waals surface area contributed by atoms with Gasteiger partial charge in [0.1, 0.15) is 12.1 Å². The summed E-state index contributed by atoms with van der Waals surface area (Å²) < 4.78 is 38.0. The molecule has 1 unspecified atom stereocenters. The minimum Gasteiger partial charge on any atom is -0.325 e. The minimum absolute atomic E-state index is 0.118. The molecule has 1 saturated heterocycles. The van der Waals surface area contributed by atoms with Crippen molar-refractivity contribution in [1.29, 1.82) is 0 Å². The molecule has 3 aromatic carbocycles. The largest absolute Gasteiger partial charge is 0.416 e. The number of urea groups is 1. The Morgan fingerprint density at radius 1 is 1.00 bits per heavy atom. The van der Waals surface area contributed by atoms with E-state index < -0.39 is 41.7 Å². The van der Waals surface area contributed by atoms with Crippen molar-refractivity contribution in [2.24, 2.45) is 0 Å². The lowest BCUT2D eigenvalue weighted by molar-refractivity contribution is -0.137. The molecule has 9 heteroatoms. The van der Waals surface area contributed by atoms with Crippen molar-refractivity contribution in [3.05, 3.63) is 77.9 Å². The maximum Gasteiger partial charge on any atom is 0.416 e. The number of benzene rings is 3. The minimum atomic E-state index is -4.49. The number of hydrogen-bond donors (Lipinski definition) is 2. The Hall–Kier alpha value is -3.88. The average Bonchev–Trinajstić information content (AvgIpc) is 2.97. The van der Waals surface area contributed by atoms with Crippen LogP contribution < -0.4 is 10.6 Å². The molecule has 4 rings (SSSR count). The summed E-state index contributed by atoms with van der Waals surface area (Å²) in [5.41, 5.74) is -1.52. The topological polar surface area (TPSA) is 78.5 Å². The zero-order valence-corrected chi connectivity index (χ0v) is 16.9. The number of halogens is 3. The van der Waals surface area contributed by atoms with Crippen LogP contribution in [0.25, 0.3) is 10.8 Å². The third kappa shape index (κ3) is 3.89. The molecule has 1 atom stereocenters. The van der Waals surface area contributed by atoms with Crippen LogP contribution in [-0.4, -0.2) is 29.3 Å². The fourth-order valence-corrected chi connectivity index (χ4v) is 3.62. The van der Waals surface area contributed by atoms with Crippen LogP contribution >= 0.6 is 0 Å². The van der Waals surface area contributed by atoms with Crippen LogP contribution in [0.3, 0.4) is 0 Å². The Kier molecular flexibility index (Phi) is 5.12. The summed E-state index contributed by atoms with van der Waals surface area (Å²) in [5.74, 6) is -1.31. The van der Waals surface area contributed by atoms with Crippen LogP contribution in [0.5, 0.6) is 0 Å². The fourth-order valence-electron chi connectivity index (χ4n) is 3.62. The summed E-state index contributed by atoms with van der Waals surface area (Å²) in [6.07, 6.45) is -4.49. The second-order valence-electron chi connectivity index (χ2n) is 7.63. The van der Waals surface area contributed by atoms with E-state index in [0.29, 0.717) is 5.56 Å². The monoisotopic (exact) mass is 441 g/mol. The Balaban J connectivity index is 1.49. The van der Waals surface area contributed by atoms with Gasteiger partial charge >= 0.3 is 12.2 Å². The van der Waals surface area contributed by atoms with Gasteiger partial charge in [-0.3, -0.25) is 14.5 Å². The van der Waals surface area contributed by atoms with Gasteiger partial charge in [-0.25, -0.2) is 4.79 Å². The van der Waals surface area contributed by atoms with Crippen LogP contribution in [-0.2, 0) is 21.3 Å². The van der Waals surface area contributed by atoms with Crippen molar-refractivity contribution >= 4 is 34.3 Å². The normalized spacial score (nSPS) is 18.7. The van der Waals surface area contributed by atoms with E-state index in [0.717, 1.165) is 39.9 Å². The number of imide groups is 1. The van der Waals surface area contributed by atoms with E-state index in [4.69, 9.17) is 0 Å². The van der Waals surface area contributed by atoms with Crippen LogP contribution in [0.4, 0.5) is 23.7 Å². The van der Waals surface area contributed by atoms with E-state index in [1.165, 1.54) is 0 Å². The Labute approximate surface area is 181 Å². The van der Waals surface area contributed by atoms with Crippen molar-refractivity contribution < 1.29 is 27.6 Å². The van der Waals surface area contributed by atoms with Crippen LogP contribution in [0, 0.1) is 0 Å². The number of alkyl halides is 3. The van der Waals surface area contributed by atoms with Gasteiger partial charge in [0.25, 0.3) is 5.91 Å². The van der Waals surface area contributed by atoms with E-state index in [2.05, 4.69) is 10.6 Å². The number of rotatable bonds is 4. The summed E-state index contributed by atoms with van der Waals surface area (Å²) in [6.45, 7) is 0.986. The predicted octanol–water partition coefficient (Wildman–Crippen LogP) is 4.26. The summed E-state index contributed by atoms with van der Waals surface area (Å²) in [6, 6.07) is 16.1. The van der Waals surface area contributed by atoms with Gasteiger partial charge < -0.3 is 10.6 Å². The highest BCUT2D eigenvalue weighted by Crippen LogP contribution is 2.32. The van der Waals surface area contributed by atoms with E-state index >= 15 is 0 Å². The van der Waals surface area contributed by atoms with Crippen LogP contribution in [0.2, 0.25) is 0 Å². The lowest BCUT2D eigenvalue weighted by atomic mass is 9.90.